The van der Waals surface area contributed by atoms with Crippen molar-refractivity contribution in [2.45, 2.75) is 6.92 Å². The fourth-order valence-corrected chi connectivity index (χ4v) is 2.31. The molecule has 0 spiro atoms. The molecule has 0 aliphatic rings. The quantitative estimate of drug-likeness (QED) is 0.636. The summed E-state index contributed by atoms with van der Waals surface area (Å²) in [7, 11) is 2.88. The molecular weight excluding hydrogens is 324 g/mol. The zero-order valence-corrected chi connectivity index (χ0v) is 12.9. The standard InChI is InChI=1S/C14H13BrN2O3/c1-8-13(19-2)12(9-4-5-16-11(15)6-9)10(7-17-8)14(18)20-3/h4-7H,1-3H3. The Morgan fingerprint density at radius 3 is 2.65 bits per heavy atom. The van der Waals surface area contributed by atoms with Crippen LogP contribution in [0.4, 0.5) is 0 Å². The van der Waals surface area contributed by atoms with Crippen molar-refractivity contribution in [1.82, 2.24) is 9.97 Å². The molecule has 0 atom stereocenters. The molecule has 0 aliphatic carbocycles. The van der Waals surface area contributed by atoms with Gasteiger partial charge in [-0.15, -0.1) is 0 Å². The number of esters is 1. The molecule has 20 heavy (non-hydrogen) atoms. The zero-order chi connectivity index (χ0) is 14.7. The molecule has 0 unspecified atom stereocenters. The first-order valence-electron chi connectivity index (χ1n) is 5.82. The lowest BCUT2D eigenvalue weighted by Gasteiger charge is -2.14. The van der Waals surface area contributed by atoms with Gasteiger partial charge in [0, 0.05) is 18.0 Å². The summed E-state index contributed by atoms with van der Waals surface area (Å²) in [6, 6.07) is 3.61. The van der Waals surface area contributed by atoms with Gasteiger partial charge in [0.15, 0.2) is 0 Å². The Labute approximate surface area is 125 Å². The van der Waals surface area contributed by atoms with E-state index in [0.29, 0.717) is 27.2 Å². The van der Waals surface area contributed by atoms with Gasteiger partial charge in [0.05, 0.1) is 25.5 Å². The summed E-state index contributed by atoms with van der Waals surface area (Å²) in [5.41, 5.74) is 2.50. The van der Waals surface area contributed by atoms with Crippen LogP contribution in [0, 0.1) is 6.92 Å². The number of carbonyl (C=O) groups excluding carboxylic acids is 1. The Bertz CT molecular complexity index is 659. The molecular formula is C14H13BrN2O3. The second kappa shape index (κ2) is 6.00. The van der Waals surface area contributed by atoms with Gasteiger partial charge in [-0.3, -0.25) is 4.98 Å². The lowest BCUT2D eigenvalue weighted by Crippen LogP contribution is -2.07. The van der Waals surface area contributed by atoms with Crippen LogP contribution in [0.25, 0.3) is 11.1 Å². The summed E-state index contributed by atoms with van der Waals surface area (Å²) >= 11 is 3.32. The monoisotopic (exact) mass is 336 g/mol. The van der Waals surface area contributed by atoms with Gasteiger partial charge in [-0.05, 0) is 40.5 Å². The largest absolute Gasteiger partial charge is 0.494 e. The molecule has 0 aliphatic heterocycles. The molecule has 0 radical (unpaired) electrons. The molecule has 2 aromatic heterocycles. The van der Waals surface area contributed by atoms with E-state index in [9.17, 15) is 4.79 Å². The first-order valence-corrected chi connectivity index (χ1v) is 6.61. The van der Waals surface area contributed by atoms with Crippen LogP contribution in [0.1, 0.15) is 16.1 Å². The Morgan fingerprint density at radius 2 is 2.05 bits per heavy atom. The predicted molar refractivity (Wildman–Crippen MR) is 77.8 cm³/mol. The van der Waals surface area contributed by atoms with E-state index in [1.807, 2.05) is 13.0 Å². The minimum atomic E-state index is -0.460. The smallest absolute Gasteiger partial charge is 0.340 e. The van der Waals surface area contributed by atoms with Crippen molar-refractivity contribution in [3.8, 4) is 16.9 Å². The van der Waals surface area contributed by atoms with Crippen LogP contribution < -0.4 is 4.74 Å². The third-order valence-electron chi connectivity index (χ3n) is 2.84. The maximum atomic E-state index is 11.9. The molecule has 0 saturated heterocycles. The highest BCUT2D eigenvalue weighted by molar-refractivity contribution is 9.10. The van der Waals surface area contributed by atoms with E-state index < -0.39 is 5.97 Å². The molecule has 0 N–H and O–H groups in total. The minimum Gasteiger partial charge on any atom is -0.494 e. The average molecular weight is 337 g/mol. The molecule has 2 rings (SSSR count). The third kappa shape index (κ3) is 2.65. The summed E-state index contributed by atoms with van der Waals surface area (Å²) in [4.78, 5) is 20.2. The number of aryl methyl sites for hydroxylation is 1. The van der Waals surface area contributed by atoms with Gasteiger partial charge in [0.2, 0.25) is 0 Å². The summed E-state index contributed by atoms with van der Waals surface area (Å²) in [6.45, 7) is 1.82. The summed E-state index contributed by atoms with van der Waals surface area (Å²) in [5.74, 6) is 0.0877. The maximum Gasteiger partial charge on any atom is 0.340 e. The fourth-order valence-electron chi connectivity index (χ4n) is 1.95. The molecule has 2 heterocycles. The van der Waals surface area contributed by atoms with E-state index in [-0.39, 0.29) is 0 Å². The van der Waals surface area contributed by atoms with E-state index in [0.717, 1.165) is 5.56 Å². The predicted octanol–water partition coefficient (Wildman–Crippen LogP) is 3.01. The Morgan fingerprint density at radius 1 is 1.30 bits per heavy atom. The van der Waals surface area contributed by atoms with Gasteiger partial charge < -0.3 is 9.47 Å². The van der Waals surface area contributed by atoms with Crippen molar-refractivity contribution >= 4 is 21.9 Å². The SMILES string of the molecule is COC(=O)c1cnc(C)c(OC)c1-c1ccnc(Br)c1. The highest BCUT2D eigenvalue weighted by atomic mass is 79.9. The lowest BCUT2D eigenvalue weighted by atomic mass is 10.0. The Balaban J connectivity index is 2.76. The lowest BCUT2D eigenvalue weighted by molar-refractivity contribution is 0.0601. The minimum absolute atomic E-state index is 0.355. The van der Waals surface area contributed by atoms with Crippen molar-refractivity contribution in [3.05, 3.63) is 40.4 Å². The third-order valence-corrected chi connectivity index (χ3v) is 3.27. The van der Waals surface area contributed by atoms with Crippen LogP contribution in [0.3, 0.4) is 0 Å². The van der Waals surface area contributed by atoms with Crippen LogP contribution in [0.2, 0.25) is 0 Å². The summed E-state index contributed by atoms with van der Waals surface area (Å²) < 4.78 is 10.9. The van der Waals surface area contributed by atoms with Crippen LogP contribution in [0.5, 0.6) is 5.75 Å². The topological polar surface area (TPSA) is 61.3 Å². The van der Waals surface area contributed by atoms with Crippen molar-refractivity contribution in [2.24, 2.45) is 0 Å². The molecule has 6 heteroatoms. The van der Waals surface area contributed by atoms with E-state index >= 15 is 0 Å². The van der Waals surface area contributed by atoms with Gasteiger partial charge in [0.1, 0.15) is 10.4 Å². The highest BCUT2D eigenvalue weighted by Crippen LogP contribution is 2.35. The van der Waals surface area contributed by atoms with Crippen molar-refractivity contribution in [3.63, 3.8) is 0 Å². The molecule has 0 saturated carbocycles. The second-order valence-corrected chi connectivity index (χ2v) is 4.84. The number of halogens is 1. The van der Waals surface area contributed by atoms with E-state index in [4.69, 9.17) is 9.47 Å². The fraction of sp³-hybridized carbons (Fsp3) is 0.214. The van der Waals surface area contributed by atoms with Crippen molar-refractivity contribution in [2.75, 3.05) is 14.2 Å². The molecule has 0 amide bonds. The number of rotatable bonds is 3. The van der Waals surface area contributed by atoms with E-state index in [1.54, 1.807) is 19.4 Å². The number of nitrogens with zero attached hydrogens (tertiary/aromatic N) is 2. The van der Waals surface area contributed by atoms with Gasteiger partial charge in [-0.25, -0.2) is 9.78 Å². The number of ether oxygens (including phenoxy) is 2. The van der Waals surface area contributed by atoms with Crippen LogP contribution >= 0.6 is 15.9 Å². The Kier molecular flexibility index (Phi) is 4.34. The average Bonchev–Trinajstić information content (AvgIpc) is 2.46. The first kappa shape index (κ1) is 14.5. The number of carbonyl (C=O) groups is 1. The van der Waals surface area contributed by atoms with Crippen LogP contribution in [-0.2, 0) is 4.74 Å². The number of aromatic nitrogens is 2. The normalized spacial score (nSPS) is 10.2. The number of pyridine rings is 2. The van der Waals surface area contributed by atoms with Crippen LogP contribution in [0.15, 0.2) is 29.1 Å². The second-order valence-electron chi connectivity index (χ2n) is 4.02. The molecule has 5 nitrogen and oxygen atoms in total. The molecule has 104 valence electrons. The van der Waals surface area contributed by atoms with Crippen LogP contribution in [-0.4, -0.2) is 30.2 Å². The van der Waals surface area contributed by atoms with E-state index in [2.05, 4.69) is 25.9 Å². The molecule has 0 bridgehead atoms. The number of methoxy groups -OCH3 is 2. The first-order chi connectivity index (χ1) is 9.58. The van der Waals surface area contributed by atoms with Crippen molar-refractivity contribution < 1.29 is 14.3 Å². The van der Waals surface area contributed by atoms with Crippen molar-refractivity contribution in [1.29, 1.82) is 0 Å². The molecule has 2 aromatic rings. The molecule has 0 fully saturated rings. The highest BCUT2D eigenvalue weighted by Gasteiger charge is 2.20. The Hall–Kier alpha value is -1.95. The van der Waals surface area contributed by atoms with Gasteiger partial charge >= 0.3 is 5.97 Å². The van der Waals surface area contributed by atoms with Gasteiger partial charge in [-0.2, -0.15) is 0 Å². The summed E-state index contributed by atoms with van der Waals surface area (Å²) in [5, 5.41) is 0. The summed E-state index contributed by atoms with van der Waals surface area (Å²) in [6.07, 6.45) is 3.14. The van der Waals surface area contributed by atoms with Gasteiger partial charge in [0.25, 0.3) is 0 Å². The van der Waals surface area contributed by atoms with Gasteiger partial charge in [-0.1, -0.05) is 0 Å². The maximum absolute atomic E-state index is 11.9. The zero-order valence-electron chi connectivity index (χ0n) is 11.3. The molecule has 0 aromatic carbocycles. The number of hydrogen-bond acceptors (Lipinski definition) is 5. The number of hydrogen-bond donors (Lipinski definition) is 0. The van der Waals surface area contributed by atoms with E-state index in [1.165, 1.54) is 13.3 Å².